The maximum Gasteiger partial charge on any atom is 0.307 e. The fourth-order valence-electron chi connectivity index (χ4n) is 3.71. The zero-order valence-corrected chi connectivity index (χ0v) is 19.1. The highest BCUT2D eigenvalue weighted by molar-refractivity contribution is 7.27. The predicted octanol–water partition coefficient (Wildman–Crippen LogP) is 1.38. The van der Waals surface area contributed by atoms with Gasteiger partial charge in [-0.25, -0.2) is 9.97 Å². The fraction of sp³-hybridized carbons (Fsp3) is 0.318. The molecule has 12 heteroatoms. The Morgan fingerprint density at radius 1 is 0.941 bits per heavy atom. The van der Waals surface area contributed by atoms with Gasteiger partial charge < -0.3 is 35.0 Å². The Kier molecular flexibility index (Phi) is 6.20. The average molecular weight is 505 g/mol. The molecule has 2 aromatic heterocycles. The van der Waals surface area contributed by atoms with Crippen molar-refractivity contribution < 1.29 is 39.8 Å². The van der Waals surface area contributed by atoms with Crippen LogP contribution in [0.1, 0.15) is 5.56 Å². The second-order valence-corrected chi connectivity index (χ2v) is 9.92. The summed E-state index contributed by atoms with van der Waals surface area (Å²) >= 11 is 2.82. The van der Waals surface area contributed by atoms with Gasteiger partial charge in [0.15, 0.2) is 10.0 Å². The summed E-state index contributed by atoms with van der Waals surface area (Å²) < 4.78 is 12.8. The lowest BCUT2D eigenvalue weighted by Crippen LogP contribution is -2.60. The summed E-state index contributed by atoms with van der Waals surface area (Å²) in [5.74, 6) is -0.536. The first-order valence-corrected chi connectivity index (χ1v) is 11.9. The van der Waals surface area contributed by atoms with E-state index in [1.54, 1.807) is 30.3 Å². The number of fused-ring (bicyclic) bond motifs is 2. The molecule has 10 nitrogen and oxygen atoms in total. The summed E-state index contributed by atoms with van der Waals surface area (Å²) in [7, 11) is 0. The molecule has 2 aromatic carbocycles. The highest BCUT2D eigenvalue weighted by atomic mass is 32.1. The maximum absolute atomic E-state index is 11.0. The molecular formula is C22H20N2O8S2. The molecule has 0 unspecified atom stereocenters. The van der Waals surface area contributed by atoms with Gasteiger partial charge in [-0.2, -0.15) is 0 Å². The number of nitrogens with zero attached hydrogens (tertiary/aromatic N) is 2. The van der Waals surface area contributed by atoms with Gasteiger partial charge >= 0.3 is 5.97 Å². The molecule has 3 heterocycles. The number of hydrogen-bond acceptors (Lipinski definition) is 11. The van der Waals surface area contributed by atoms with E-state index >= 15 is 0 Å². The molecule has 178 valence electrons. The lowest BCUT2D eigenvalue weighted by molar-refractivity contribution is -0.277. The van der Waals surface area contributed by atoms with Crippen molar-refractivity contribution in [3.05, 3.63) is 42.0 Å². The fourth-order valence-corrected chi connectivity index (χ4v) is 5.76. The Labute approximate surface area is 200 Å². The third kappa shape index (κ3) is 4.36. The standard InChI is InChI=1S/C22H20N2O8S2/c25-8-13-17(28)18(29)19(30)22(32-13)31-10-2-4-12-15(7-10)34-21(24-12)20-23-11-3-1-9(6-16(26)27)5-14(11)33-20/h1-5,7,13,17-19,22,25,28-30H,6,8H2,(H,26,27)/t13-,17+,18+,19-,22-/m1/s1. The van der Waals surface area contributed by atoms with Crippen molar-refractivity contribution in [2.24, 2.45) is 0 Å². The van der Waals surface area contributed by atoms with Crippen LogP contribution in [0.15, 0.2) is 36.4 Å². The normalized spacial score (nSPS) is 25.1. The van der Waals surface area contributed by atoms with Crippen molar-refractivity contribution in [3.8, 4) is 15.8 Å². The summed E-state index contributed by atoms with van der Waals surface area (Å²) in [4.78, 5) is 20.2. The number of carboxylic acids is 1. The van der Waals surface area contributed by atoms with Gasteiger partial charge in [0, 0.05) is 0 Å². The van der Waals surface area contributed by atoms with E-state index in [0.717, 1.165) is 14.9 Å². The molecule has 0 bridgehead atoms. The Hall–Kier alpha value is -2.71. The van der Waals surface area contributed by atoms with Crippen LogP contribution in [0.2, 0.25) is 0 Å². The van der Waals surface area contributed by atoms with E-state index in [1.807, 2.05) is 6.07 Å². The molecule has 1 aliphatic heterocycles. The number of rotatable bonds is 6. The Morgan fingerprint density at radius 3 is 2.24 bits per heavy atom. The number of aliphatic carboxylic acids is 1. The molecule has 34 heavy (non-hydrogen) atoms. The van der Waals surface area contributed by atoms with Gasteiger partial charge in [-0.1, -0.05) is 6.07 Å². The number of ether oxygens (including phenoxy) is 2. The minimum absolute atomic E-state index is 0.0540. The molecule has 0 radical (unpaired) electrons. The Balaban J connectivity index is 1.39. The minimum Gasteiger partial charge on any atom is -0.481 e. The van der Waals surface area contributed by atoms with E-state index in [9.17, 15) is 25.2 Å². The van der Waals surface area contributed by atoms with Crippen LogP contribution in [0.25, 0.3) is 30.4 Å². The molecule has 1 fully saturated rings. The number of aliphatic hydroxyl groups is 4. The molecule has 0 spiro atoms. The van der Waals surface area contributed by atoms with Gasteiger partial charge in [0.05, 0.1) is 33.5 Å². The van der Waals surface area contributed by atoms with E-state index in [1.165, 1.54) is 22.7 Å². The molecule has 5 rings (SSSR count). The molecular weight excluding hydrogens is 484 g/mol. The molecule has 1 saturated heterocycles. The number of hydrogen-bond donors (Lipinski definition) is 5. The van der Waals surface area contributed by atoms with Gasteiger partial charge in [0.1, 0.15) is 30.2 Å². The van der Waals surface area contributed by atoms with Crippen molar-refractivity contribution in [1.29, 1.82) is 0 Å². The van der Waals surface area contributed by atoms with Crippen LogP contribution < -0.4 is 4.74 Å². The first-order chi connectivity index (χ1) is 16.3. The van der Waals surface area contributed by atoms with Crippen molar-refractivity contribution in [1.82, 2.24) is 9.97 Å². The highest BCUT2D eigenvalue weighted by Gasteiger charge is 2.44. The highest BCUT2D eigenvalue weighted by Crippen LogP contribution is 2.37. The Morgan fingerprint density at radius 2 is 1.59 bits per heavy atom. The van der Waals surface area contributed by atoms with Crippen LogP contribution in [0.4, 0.5) is 0 Å². The zero-order chi connectivity index (χ0) is 24.0. The molecule has 0 amide bonds. The van der Waals surface area contributed by atoms with Crippen LogP contribution >= 0.6 is 22.7 Å². The van der Waals surface area contributed by atoms with E-state index in [0.29, 0.717) is 26.8 Å². The second-order valence-electron chi connectivity index (χ2n) is 7.86. The monoisotopic (exact) mass is 504 g/mol. The lowest BCUT2D eigenvalue weighted by atomic mass is 9.99. The SMILES string of the molecule is O=C(O)Cc1ccc2nc(-c3nc4ccc(O[C@@H]5O[C@H](CO)[C@H](O)[C@H](O)[C@H]5O)cc4s3)sc2c1. The van der Waals surface area contributed by atoms with E-state index in [4.69, 9.17) is 14.6 Å². The van der Waals surface area contributed by atoms with Gasteiger partial charge in [-0.15, -0.1) is 22.7 Å². The summed E-state index contributed by atoms with van der Waals surface area (Å²) in [5, 5.41) is 49.8. The first kappa shape index (κ1) is 23.1. The number of carboxylic acid groups (broad SMARTS) is 1. The summed E-state index contributed by atoms with van der Waals surface area (Å²) in [6, 6.07) is 10.5. The summed E-state index contributed by atoms with van der Waals surface area (Å²) in [6.07, 6.45) is -6.87. The molecule has 5 N–H and O–H groups in total. The third-order valence-electron chi connectivity index (χ3n) is 5.45. The smallest absolute Gasteiger partial charge is 0.307 e. The van der Waals surface area contributed by atoms with E-state index in [-0.39, 0.29) is 6.42 Å². The van der Waals surface area contributed by atoms with Crippen LogP contribution in [-0.2, 0) is 16.0 Å². The predicted molar refractivity (Wildman–Crippen MR) is 124 cm³/mol. The molecule has 1 aliphatic rings. The number of benzene rings is 2. The van der Waals surface area contributed by atoms with Crippen molar-refractivity contribution >= 4 is 49.1 Å². The number of aromatic nitrogens is 2. The summed E-state index contributed by atoms with van der Waals surface area (Å²) in [5.41, 5.74) is 2.18. The van der Waals surface area contributed by atoms with Crippen molar-refractivity contribution in [3.63, 3.8) is 0 Å². The second kappa shape index (κ2) is 9.15. The number of aliphatic hydroxyl groups excluding tert-OH is 4. The van der Waals surface area contributed by atoms with E-state index < -0.39 is 43.3 Å². The van der Waals surface area contributed by atoms with Gasteiger partial charge in [-0.05, 0) is 35.9 Å². The number of thiazole rings is 2. The van der Waals surface area contributed by atoms with Gasteiger partial charge in [-0.3, -0.25) is 4.79 Å². The molecule has 0 aliphatic carbocycles. The maximum atomic E-state index is 11.0. The zero-order valence-electron chi connectivity index (χ0n) is 17.4. The van der Waals surface area contributed by atoms with E-state index in [2.05, 4.69) is 9.97 Å². The van der Waals surface area contributed by atoms with Crippen molar-refractivity contribution in [2.45, 2.75) is 37.1 Å². The van der Waals surface area contributed by atoms with Crippen molar-refractivity contribution in [2.75, 3.05) is 6.61 Å². The summed E-state index contributed by atoms with van der Waals surface area (Å²) in [6.45, 7) is -0.540. The average Bonchev–Trinajstić information content (AvgIpc) is 3.42. The topological polar surface area (TPSA) is 162 Å². The van der Waals surface area contributed by atoms with Crippen LogP contribution in [0.3, 0.4) is 0 Å². The van der Waals surface area contributed by atoms with Crippen LogP contribution in [0, 0.1) is 0 Å². The Bertz CT molecular complexity index is 1350. The van der Waals surface area contributed by atoms with Crippen LogP contribution in [0.5, 0.6) is 5.75 Å². The van der Waals surface area contributed by atoms with Gasteiger partial charge in [0.2, 0.25) is 6.29 Å². The van der Waals surface area contributed by atoms with Crippen LogP contribution in [-0.4, -0.2) is 78.8 Å². The quantitative estimate of drug-likeness (QED) is 0.259. The first-order valence-electron chi connectivity index (χ1n) is 10.3. The third-order valence-corrected chi connectivity index (χ3v) is 7.63. The minimum atomic E-state index is -1.52. The molecule has 4 aromatic rings. The molecule has 5 atom stereocenters. The largest absolute Gasteiger partial charge is 0.481 e. The molecule has 0 saturated carbocycles. The van der Waals surface area contributed by atoms with Gasteiger partial charge in [0.25, 0.3) is 0 Å². The number of carbonyl (C=O) groups is 1. The lowest BCUT2D eigenvalue weighted by Gasteiger charge is -2.39.